The zero-order valence-electron chi connectivity index (χ0n) is 23.7. The highest BCUT2D eigenvalue weighted by molar-refractivity contribution is 6.31. The molecule has 5 atom stereocenters. The van der Waals surface area contributed by atoms with Crippen molar-refractivity contribution < 1.29 is 38.6 Å². The molecule has 0 bridgehead atoms. The summed E-state index contributed by atoms with van der Waals surface area (Å²) in [7, 11) is 0. The summed E-state index contributed by atoms with van der Waals surface area (Å²) in [4.78, 5) is 65.0. The molecule has 3 aliphatic rings. The minimum atomic E-state index is -2.67. The first-order valence-electron chi connectivity index (χ1n) is 14.6. The number of Topliss-reactive ketones (excluding diaryl/α,β-unsaturated/α-hetero) is 4. The molecule has 3 aliphatic carbocycles. The minimum Gasteiger partial charge on any atom is -0.507 e. The Hall–Kier alpha value is -4.54. The predicted octanol–water partition coefficient (Wildman–Crippen LogP) is 2.47. The first-order chi connectivity index (χ1) is 21.0. The highest BCUT2D eigenvalue weighted by Gasteiger charge is 2.66. The van der Waals surface area contributed by atoms with E-state index in [1.165, 1.54) is 18.2 Å². The van der Waals surface area contributed by atoms with E-state index in [4.69, 9.17) is 5.73 Å². The molecule has 0 aromatic heterocycles. The van der Waals surface area contributed by atoms with Gasteiger partial charge >= 0.3 is 0 Å². The summed E-state index contributed by atoms with van der Waals surface area (Å²) in [6, 6.07) is 17.2. The van der Waals surface area contributed by atoms with E-state index in [1.807, 2.05) is 24.3 Å². The van der Waals surface area contributed by atoms with Gasteiger partial charge in [0.1, 0.15) is 11.6 Å². The van der Waals surface area contributed by atoms with Crippen LogP contribution in [0, 0.1) is 29.5 Å². The number of phenolic OH excluding ortho intramolecular Hbond substituents is 1. The minimum absolute atomic E-state index is 0.0310. The molecule has 2 fully saturated rings. The first-order valence-corrected chi connectivity index (χ1v) is 14.6. The summed E-state index contributed by atoms with van der Waals surface area (Å²) in [6.45, 7) is 1.32. The third kappa shape index (κ3) is 4.84. The number of rotatable bonds is 7. The van der Waals surface area contributed by atoms with Crippen molar-refractivity contribution in [2.24, 2.45) is 29.4 Å². The van der Waals surface area contributed by atoms with Gasteiger partial charge in [0.05, 0.1) is 11.5 Å². The molecule has 0 spiro atoms. The van der Waals surface area contributed by atoms with Crippen molar-refractivity contribution in [2.75, 3.05) is 6.54 Å². The van der Waals surface area contributed by atoms with Gasteiger partial charge in [0.2, 0.25) is 5.91 Å². The molecular weight excluding hydrogens is 567 g/mol. The number of primary amides is 1. The lowest BCUT2D eigenvalue weighted by molar-refractivity contribution is -0.175. The van der Waals surface area contributed by atoms with E-state index in [1.54, 1.807) is 18.2 Å². The van der Waals surface area contributed by atoms with Gasteiger partial charge in [0.25, 0.3) is 0 Å². The Morgan fingerprint density at radius 2 is 1.61 bits per heavy atom. The van der Waals surface area contributed by atoms with Crippen LogP contribution in [0.15, 0.2) is 60.7 Å². The molecule has 44 heavy (non-hydrogen) atoms. The molecule has 3 aromatic rings. The summed E-state index contributed by atoms with van der Waals surface area (Å²) in [6.07, 6.45) is 0.627. The number of carbonyl (C=O) groups is 5. The topological polar surface area (TPSA) is 164 Å². The molecule has 1 amide bonds. The Labute approximate surface area is 252 Å². The first kappa shape index (κ1) is 29.5. The lowest BCUT2D eigenvalue weighted by atomic mass is 9.53. The molecule has 3 aromatic carbocycles. The van der Waals surface area contributed by atoms with Gasteiger partial charge in [-0.15, -0.1) is 0 Å². The molecule has 2 saturated carbocycles. The molecule has 9 nitrogen and oxygen atoms in total. The average molecular weight is 599 g/mol. The van der Waals surface area contributed by atoms with E-state index in [2.05, 4.69) is 5.32 Å². The summed E-state index contributed by atoms with van der Waals surface area (Å²) < 4.78 is 13.1. The molecule has 10 heteroatoms. The number of carbonyl (C=O) groups excluding carboxylic acids is 5. The van der Waals surface area contributed by atoms with Gasteiger partial charge in [0.15, 0.2) is 34.7 Å². The number of amides is 1. The van der Waals surface area contributed by atoms with Crippen LogP contribution in [-0.2, 0) is 38.6 Å². The van der Waals surface area contributed by atoms with E-state index in [9.17, 15) is 38.6 Å². The predicted molar refractivity (Wildman–Crippen MR) is 156 cm³/mol. The van der Waals surface area contributed by atoms with Crippen LogP contribution in [0.1, 0.15) is 39.9 Å². The van der Waals surface area contributed by atoms with E-state index in [-0.39, 0.29) is 36.4 Å². The lowest BCUT2D eigenvalue weighted by Crippen LogP contribution is -2.68. The summed E-state index contributed by atoms with van der Waals surface area (Å²) >= 11 is 0. The number of nitrogens with one attached hydrogen (secondary N) is 1. The average Bonchev–Trinajstić information content (AvgIpc) is 2.98. The second kappa shape index (κ2) is 11.2. The fraction of sp³-hybridized carbons (Fsp3) is 0.324. The number of hydrogen-bond donors (Lipinski definition) is 4. The molecule has 6 rings (SSSR count). The number of phenols is 1. The summed E-state index contributed by atoms with van der Waals surface area (Å²) in [5, 5.41) is 25.5. The second-order valence-electron chi connectivity index (χ2n) is 12.0. The van der Waals surface area contributed by atoms with Crippen molar-refractivity contribution in [3.8, 4) is 16.9 Å². The maximum Gasteiger partial charge on any atom is 0.235 e. The molecule has 0 aliphatic heterocycles. The monoisotopic (exact) mass is 598 g/mol. The zero-order chi connectivity index (χ0) is 31.3. The molecular formula is C34H31FN2O7. The van der Waals surface area contributed by atoms with Crippen molar-refractivity contribution in [3.63, 3.8) is 0 Å². The highest BCUT2D eigenvalue weighted by Crippen LogP contribution is 2.51. The smallest absolute Gasteiger partial charge is 0.235 e. The molecule has 0 saturated heterocycles. The molecule has 5 N–H and O–H groups in total. The van der Waals surface area contributed by atoms with Crippen LogP contribution < -0.4 is 11.1 Å². The van der Waals surface area contributed by atoms with Crippen molar-refractivity contribution in [3.05, 3.63) is 88.7 Å². The molecule has 2 unspecified atom stereocenters. The van der Waals surface area contributed by atoms with Crippen LogP contribution >= 0.6 is 0 Å². The number of ketones is 4. The Bertz CT molecular complexity index is 1700. The van der Waals surface area contributed by atoms with Crippen LogP contribution in [-0.4, -0.2) is 51.4 Å². The third-order valence-corrected chi connectivity index (χ3v) is 9.38. The Kier molecular flexibility index (Phi) is 7.51. The van der Waals surface area contributed by atoms with Crippen molar-refractivity contribution >= 4 is 29.0 Å². The summed E-state index contributed by atoms with van der Waals surface area (Å²) in [5.41, 5.74) is 6.66. The quantitative estimate of drug-likeness (QED) is 0.238. The van der Waals surface area contributed by atoms with Crippen LogP contribution in [0.25, 0.3) is 11.1 Å². The molecule has 226 valence electrons. The van der Waals surface area contributed by atoms with Gasteiger partial charge in [-0.1, -0.05) is 42.5 Å². The maximum absolute atomic E-state index is 13.8. The van der Waals surface area contributed by atoms with Gasteiger partial charge in [-0.2, -0.15) is 0 Å². The van der Waals surface area contributed by atoms with Crippen molar-refractivity contribution in [1.29, 1.82) is 0 Å². The largest absolute Gasteiger partial charge is 0.507 e. The Morgan fingerprint density at radius 1 is 0.932 bits per heavy atom. The van der Waals surface area contributed by atoms with Crippen molar-refractivity contribution in [2.45, 2.75) is 37.8 Å². The maximum atomic E-state index is 13.8. The SMILES string of the molecule is NC(=O)C1C(=O)C[C@@H]2C[C@@H]3Cc4c(-c5ccc(CNCCc6ccc(F)cc6)cc5)ccc(O)c4C(=O)C3C(=O)[C@]2(O)C1=O. The van der Waals surface area contributed by atoms with Crippen LogP contribution in [0.5, 0.6) is 5.75 Å². The van der Waals surface area contributed by atoms with Crippen molar-refractivity contribution in [1.82, 2.24) is 5.32 Å². The zero-order valence-corrected chi connectivity index (χ0v) is 23.7. The normalized spacial score (nSPS) is 26.1. The fourth-order valence-corrected chi connectivity index (χ4v) is 7.16. The number of hydrogen-bond acceptors (Lipinski definition) is 8. The van der Waals surface area contributed by atoms with Crippen LogP contribution in [0.2, 0.25) is 0 Å². The number of aliphatic hydroxyl groups is 1. The standard InChI is InChI=1S/C34H31FN2O7/c35-22-7-3-17(4-8-22)11-12-37-16-18-1-5-19(6-2-18)23-9-10-25(38)28-24(23)14-20-13-21-15-26(39)29(33(36)43)32(42)34(21,44)31(41)27(20)30(28)40/h1-10,20-21,27,29,37-38,44H,11-16H2,(H2,36,43)/t20-,21+,27?,29?,34+/m1/s1. The van der Waals surface area contributed by atoms with Gasteiger partial charge in [-0.05, 0) is 77.7 Å². The Balaban J connectivity index is 1.23. The van der Waals surface area contributed by atoms with Gasteiger partial charge in [-0.3, -0.25) is 24.0 Å². The second-order valence-corrected chi connectivity index (χ2v) is 12.0. The van der Waals surface area contributed by atoms with Crippen LogP contribution in [0.3, 0.4) is 0 Å². The number of nitrogens with two attached hydrogens (primary N) is 1. The van der Waals surface area contributed by atoms with Crippen LogP contribution in [0.4, 0.5) is 4.39 Å². The Morgan fingerprint density at radius 3 is 2.30 bits per heavy atom. The van der Waals surface area contributed by atoms with E-state index >= 15 is 0 Å². The number of fused-ring (bicyclic) bond motifs is 3. The third-order valence-electron chi connectivity index (χ3n) is 9.38. The number of halogens is 1. The molecule has 0 heterocycles. The molecule has 0 radical (unpaired) electrons. The van der Waals surface area contributed by atoms with E-state index in [0.717, 1.165) is 23.1 Å². The van der Waals surface area contributed by atoms with E-state index < -0.39 is 58.3 Å². The van der Waals surface area contributed by atoms with Gasteiger partial charge in [0, 0.05) is 18.9 Å². The van der Waals surface area contributed by atoms with Gasteiger partial charge < -0.3 is 21.3 Å². The number of benzene rings is 3. The van der Waals surface area contributed by atoms with Gasteiger partial charge in [-0.25, -0.2) is 4.39 Å². The lowest BCUT2D eigenvalue weighted by Gasteiger charge is -2.48. The van der Waals surface area contributed by atoms with E-state index in [0.29, 0.717) is 24.2 Å². The number of aromatic hydroxyl groups is 1. The summed E-state index contributed by atoms with van der Waals surface area (Å²) in [5.74, 6) is -10.6. The highest BCUT2D eigenvalue weighted by atomic mass is 19.1. The fourth-order valence-electron chi connectivity index (χ4n) is 7.16.